The summed E-state index contributed by atoms with van der Waals surface area (Å²) in [5.41, 5.74) is 1.84. The fourth-order valence-corrected chi connectivity index (χ4v) is 2.15. The average molecular weight is 343 g/mol. The molecule has 0 saturated heterocycles. The number of ether oxygens (including phenoxy) is 3. The fraction of sp³-hybridized carbons (Fsp3) is 0.263. The number of carbonyl (C=O) groups excluding carboxylic acids is 2. The van der Waals surface area contributed by atoms with Gasteiger partial charge in [-0.3, -0.25) is 4.79 Å². The Hall–Kier alpha value is -3.02. The minimum absolute atomic E-state index is 0.242. The van der Waals surface area contributed by atoms with Gasteiger partial charge in [-0.15, -0.1) is 0 Å². The molecular weight excluding hydrogens is 322 g/mol. The molecule has 0 aliphatic carbocycles. The third-order valence-electron chi connectivity index (χ3n) is 3.64. The summed E-state index contributed by atoms with van der Waals surface area (Å²) in [4.78, 5) is 24.5. The summed E-state index contributed by atoms with van der Waals surface area (Å²) < 4.78 is 15.5. The maximum atomic E-state index is 12.3. The molecule has 132 valence electrons. The highest BCUT2D eigenvalue weighted by atomic mass is 16.5. The molecule has 0 bridgehead atoms. The number of anilines is 1. The van der Waals surface area contributed by atoms with E-state index in [-0.39, 0.29) is 5.56 Å². The van der Waals surface area contributed by atoms with Gasteiger partial charge < -0.3 is 19.5 Å². The second kappa shape index (κ2) is 8.19. The second-order valence-corrected chi connectivity index (χ2v) is 5.45. The van der Waals surface area contributed by atoms with Crippen molar-refractivity contribution in [2.24, 2.45) is 0 Å². The van der Waals surface area contributed by atoms with Crippen molar-refractivity contribution in [3.8, 4) is 11.5 Å². The minimum atomic E-state index is -0.954. The molecule has 1 N–H and O–H groups in total. The van der Waals surface area contributed by atoms with Gasteiger partial charge in [-0.25, -0.2) is 4.79 Å². The number of para-hydroxylation sites is 1. The summed E-state index contributed by atoms with van der Waals surface area (Å²) in [6.45, 7) is 3.40. The number of carbonyl (C=O) groups is 2. The lowest BCUT2D eigenvalue weighted by molar-refractivity contribution is -0.123. The molecule has 2 aromatic rings. The zero-order valence-electron chi connectivity index (χ0n) is 14.7. The first-order valence-electron chi connectivity index (χ1n) is 7.75. The van der Waals surface area contributed by atoms with Gasteiger partial charge in [-0.1, -0.05) is 18.2 Å². The van der Waals surface area contributed by atoms with Gasteiger partial charge in [-0.05, 0) is 37.6 Å². The van der Waals surface area contributed by atoms with Crippen LogP contribution in [0.2, 0.25) is 0 Å². The molecule has 0 aliphatic heterocycles. The summed E-state index contributed by atoms with van der Waals surface area (Å²) in [6, 6.07) is 12.1. The Balaban J connectivity index is 2.07. The zero-order valence-corrected chi connectivity index (χ0v) is 14.7. The molecule has 0 fully saturated rings. The number of rotatable bonds is 6. The van der Waals surface area contributed by atoms with Crippen LogP contribution in [-0.2, 0) is 9.53 Å². The Morgan fingerprint density at radius 1 is 1.00 bits per heavy atom. The molecular formula is C19H21NO5. The Bertz CT molecular complexity index is 750. The van der Waals surface area contributed by atoms with Crippen molar-refractivity contribution < 1.29 is 23.8 Å². The number of hydrogen-bond donors (Lipinski definition) is 1. The lowest BCUT2D eigenvalue weighted by atomic mass is 10.2. The van der Waals surface area contributed by atoms with E-state index in [2.05, 4.69) is 5.32 Å². The maximum Gasteiger partial charge on any atom is 0.339 e. The minimum Gasteiger partial charge on any atom is -0.497 e. The Labute approximate surface area is 146 Å². The highest BCUT2D eigenvalue weighted by Gasteiger charge is 2.20. The first-order valence-corrected chi connectivity index (χ1v) is 7.75. The van der Waals surface area contributed by atoms with Gasteiger partial charge in [0, 0.05) is 11.8 Å². The topological polar surface area (TPSA) is 73.9 Å². The Morgan fingerprint density at radius 3 is 2.16 bits per heavy atom. The molecule has 25 heavy (non-hydrogen) atoms. The maximum absolute atomic E-state index is 12.3. The second-order valence-electron chi connectivity index (χ2n) is 5.45. The van der Waals surface area contributed by atoms with Gasteiger partial charge in [0.05, 0.1) is 19.8 Å². The van der Waals surface area contributed by atoms with E-state index in [0.717, 1.165) is 5.56 Å². The molecule has 2 aromatic carbocycles. The van der Waals surface area contributed by atoms with Crippen molar-refractivity contribution in [2.75, 3.05) is 19.5 Å². The molecule has 6 nitrogen and oxygen atoms in total. The molecule has 2 rings (SSSR count). The summed E-state index contributed by atoms with van der Waals surface area (Å²) in [6.07, 6.45) is -0.954. The molecule has 0 aromatic heterocycles. The first kappa shape index (κ1) is 18.3. The largest absolute Gasteiger partial charge is 0.497 e. The quantitative estimate of drug-likeness (QED) is 0.816. The number of hydrogen-bond acceptors (Lipinski definition) is 5. The molecule has 0 spiro atoms. The summed E-state index contributed by atoms with van der Waals surface area (Å²) in [5.74, 6) is -0.117. The fourth-order valence-electron chi connectivity index (χ4n) is 2.15. The Morgan fingerprint density at radius 2 is 1.60 bits per heavy atom. The van der Waals surface area contributed by atoms with E-state index in [1.807, 2.05) is 25.1 Å². The zero-order chi connectivity index (χ0) is 18.4. The van der Waals surface area contributed by atoms with Gasteiger partial charge in [0.1, 0.15) is 11.5 Å². The molecule has 0 heterocycles. The molecule has 0 aliphatic rings. The van der Waals surface area contributed by atoms with E-state index in [1.54, 1.807) is 12.1 Å². The third-order valence-corrected chi connectivity index (χ3v) is 3.64. The lowest BCUT2D eigenvalue weighted by Crippen LogP contribution is -2.30. The van der Waals surface area contributed by atoms with E-state index in [1.165, 1.54) is 33.3 Å². The van der Waals surface area contributed by atoms with Crippen LogP contribution in [0.15, 0.2) is 42.5 Å². The van der Waals surface area contributed by atoms with Gasteiger partial charge in [0.25, 0.3) is 5.91 Å². The number of benzene rings is 2. The van der Waals surface area contributed by atoms with Gasteiger partial charge in [0.2, 0.25) is 0 Å². The number of amides is 1. The van der Waals surface area contributed by atoms with Crippen molar-refractivity contribution in [1.82, 2.24) is 0 Å². The van der Waals surface area contributed by atoms with Crippen molar-refractivity contribution in [3.05, 3.63) is 53.6 Å². The van der Waals surface area contributed by atoms with Crippen LogP contribution in [0.3, 0.4) is 0 Å². The van der Waals surface area contributed by atoms with Crippen LogP contribution in [0.5, 0.6) is 11.5 Å². The van der Waals surface area contributed by atoms with Crippen LogP contribution >= 0.6 is 0 Å². The van der Waals surface area contributed by atoms with Crippen molar-refractivity contribution >= 4 is 17.6 Å². The molecule has 0 saturated carbocycles. The summed E-state index contributed by atoms with van der Waals surface area (Å²) >= 11 is 0. The van der Waals surface area contributed by atoms with Crippen LogP contribution < -0.4 is 14.8 Å². The predicted molar refractivity (Wildman–Crippen MR) is 94.2 cm³/mol. The molecule has 6 heteroatoms. The number of nitrogens with one attached hydrogen (secondary N) is 1. The van der Waals surface area contributed by atoms with Crippen LogP contribution in [0.1, 0.15) is 22.8 Å². The molecule has 1 atom stereocenters. The van der Waals surface area contributed by atoms with Crippen molar-refractivity contribution in [2.45, 2.75) is 20.0 Å². The monoisotopic (exact) mass is 343 g/mol. The van der Waals surface area contributed by atoms with Crippen molar-refractivity contribution in [3.63, 3.8) is 0 Å². The highest BCUT2D eigenvalue weighted by molar-refractivity contribution is 5.98. The number of methoxy groups -OCH3 is 2. The average Bonchev–Trinajstić information content (AvgIpc) is 2.62. The molecule has 0 radical (unpaired) electrons. The number of esters is 1. The van der Waals surface area contributed by atoms with Crippen LogP contribution in [-0.4, -0.2) is 32.2 Å². The van der Waals surface area contributed by atoms with Crippen molar-refractivity contribution in [1.29, 1.82) is 0 Å². The molecule has 0 unspecified atom stereocenters. The smallest absolute Gasteiger partial charge is 0.339 e. The summed E-state index contributed by atoms with van der Waals surface area (Å²) in [7, 11) is 2.98. The lowest BCUT2D eigenvalue weighted by Gasteiger charge is -2.15. The highest BCUT2D eigenvalue weighted by Crippen LogP contribution is 2.23. The molecule has 1 amide bonds. The predicted octanol–water partition coefficient (Wildman–Crippen LogP) is 3.20. The van der Waals surface area contributed by atoms with E-state index in [9.17, 15) is 9.59 Å². The van der Waals surface area contributed by atoms with Crippen LogP contribution in [0, 0.1) is 6.92 Å². The third kappa shape index (κ3) is 4.73. The van der Waals surface area contributed by atoms with E-state index < -0.39 is 18.0 Å². The van der Waals surface area contributed by atoms with Gasteiger partial charge in [-0.2, -0.15) is 0 Å². The first-order chi connectivity index (χ1) is 11.9. The van der Waals surface area contributed by atoms with Gasteiger partial charge >= 0.3 is 5.97 Å². The normalized spacial score (nSPS) is 11.4. The van der Waals surface area contributed by atoms with E-state index in [4.69, 9.17) is 14.2 Å². The Kier molecular flexibility index (Phi) is 6.00. The van der Waals surface area contributed by atoms with E-state index >= 15 is 0 Å². The summed E-state index contributed by atoms with van der Waals surface area (Å²) in [5, 5.41) is 2.75. The van der Waals surface area contributed by atoms with Crippen LogP contribution in [0.25, 0.3) is 0 Å². The van der Waals surface area contributed by atoms with E-state index in [0.29, 0.717) is 17.2 Å². The number of aryl methyl sites for hydroxylation is 1. The van der Waals surface area contributed by atoms with Crippen LogP contribution in [0.4, 0.5) is 5.69 Å². The standard InChI is InChI=1S/C19H21NO5/c1-12-7-5-6-8-17(12)20-18(21)13(2)25-19(22)14-9-15(23-3)11-16(10-14)24-4/h5-11,13H,1-4H3,(H,20,21)/t13-/m1/s1. The van der Waals surface area contributed by atoms with Gasteiger partial charge in [0.15, 0.2) is 6.10 Å². The SMILES string of the molecule is COc1cc(OC)cc(C(=O)O[C@H](C)C(=O)Nc2ccccc2C)c1.